The van der Waals surface area contributed by atoms with Gasteiger partial charge in [0.1, 0.15) is 5.82 Å². The summed E-state index contributed by atoms with van der Waals surface area (Å²) >= 11 is 0. The Kier molecular flexibility index (Phi) is 3.18. The lowest BCUT2D eigenvalue weighted by molar-refractivity contribution is 0.373. The van der Waals surface area contributed by atoms with Crippen LogP contribution in [0.15, 0.2) is 24.3 Å². The SMILES string of the molecule is CNc1cc(C2CC2)nc(-c2ccc(O)c(OC)c2)n1. The van der Waals surface area contributed by atoms with Gasteiger partial charge in [-0.15, -0.1) is 0 Å². The zero-order valence-corrected chi connectivity index (χ0v) is 11.6. The number of phenolic OH excluding ortho intramolecular Hbond substituents is 1. The topological polar surface area (TPSA) is 67.3 Å². The average Bonchev–Trinajstić information content (AvgIpc) is 3.32. The molecule has 5 nitrogen and oxygen atoms in total. The van der Waals surface area contributed by atoms with Crippen LogP contribution in [0.3, 0.4) is 0 Å². The van der Waals surface area contributed by atoms with Crippen LogP contribution in [0, 0.1) is 0 Å². The lowest BCUT2D eigenvalue weighted by Gasteiger charge is -2.09. The molecule has 1 aliphatic carbocycles. The summed E-state index contributed by atoms with van der Waals surface area (Å²) in [6, 6.07) is 7.14. The molecule has 20 heavy (non-hydrogen) atoms. The predicted octanol–water partition coefficient (Wildman–Crippen LogP) is 2.78. The van der Waals surface area contributed by atoms with Crippen LogP contribution in [-0.2, 0) is 0 Å². The number of hydrogen-bond donors (Lipinski definition) is 2. The van der Waals surface area contributed by atoms with Gasteiger partial charge in [-0.05, 0) is 31.0 Å². The van der Waals surface area contributed by atoms with E-state index in [0.29, 0.717) is 17.5 Å². The van der Waals surface area contributed by atoms with Gasteiger partial charge in [-0.1, -0.05) is 0 Å². The number of methoxy groups -OCH3 is 1. The van der Waals surface area contributed by atoms with Gasteiger partial charge >= 0.3 is 0 Å². The van der Waals surface area contributed by atoms with Crippen LogP contribution in [-0.4, -0.2) is 29.2 Å². The third-order valence-corrected chi connectivity index (χ3v) is 3.44. The third-order valence-electron chi connectivity index (χ3n) is 3.44. The Morgan fingerprint density at radius 2 is 2.05 bits per heavy atom. The molecule has 0 atom stereocenters. The first-order valence-corrected chi connectivity index (χ1v) is 6.65. The van der Waals surface area contributed by atoms with E-state index in [9.17, 15) is 5.11 Å². The highest BCUT2D eigenvalue weighted by molar-refractivity contribution is 5.62. The van der Waals surface area contributed by atoms with Crippen LogP contribution < -0.4 is 10.1 Å². The van der Waals surface area contributed by atoms with Crippen molar-refractivity contribution in [2.24, 2.45) is 0 Å². The van der Waals surface area contributed by atoms with Crippen molar-refractivity contribution >= 4 is 5.82 Å². The highest BCUT2D eigenvalue weighted by Gasteiger charge is 2.26. The molecule has 1 fully saturated rings. The Balaban J connectivity index is 2.06. The fourth-order valence-corrected chi connectivity index (χ4v) is 2.13. The lowest BCUT2D eigenvalue weighted by atomic mass is 10.1. The molecule has 1 aliphatic rings. The summed E-state index contributed by atoms with van der Waals surface area (Å²) in [5, 5.41) is 12.7. The number of rotatable bonds is 4. The van der Waals surface area contributed by atoms with Gasteiger partial charge in [-0.25, -0.2) is 9.97 Å². The summed E-state index contributed by atoms with van der Waals surface area (Å²) in [6.45, 7) is 0. The molecule has 104 valence electrons. The first kappa shape index (κ1) is 12.7. The van der Waals surface area contributed by atoms with Crippen LogP contribution in [0.25, 0.3) is 11.4 Å². The zero-order chi connectivity index (χ0) is 14.1. The van der Waals surface area contributed by atoms with Crippen LogP contribution in [0.2, 0.25) is 0 Å². The fraction of sp³-hybridized carbons (Fsp3) is 0.333. The number of benzene rings is 1. The van der Waals surface area contributed by atoms with E-state index in [4.69, 9.17) is 4.74 Å². The Bertz CT molecular complexity index is 639. The summed E-state index contributed by atoms with van der Waals surface area (Å²) < 4.78 is 5.13. The van der Waals surface area contributed by atoms with Crippen LogP contribution in [0.4, 0.5) is 5.82 Å². The van der Waals surface area contributed by atoms with E-state index < -0.39 is 0 Å². The normalized spacial score (nSPS) is 14.1. The number of aromatic hydroxyl groups is 1. The summed E-state index contributed by atoms with van der Waals surface area (Å²) in [5.74, 6) is 2.56. The van der Waals surface area contributed by atoms with Crippen molar-refractivity contribution in [3.8, 4) is 22.9 Å². The van der Waals surface area contributed by atoms with Crippen molar-refractivity contribution in [2.45, 2.75) is 18.8 Å². The fourth-order valence-electron chi connectivity index (χ4n) is 2.13. The Morgan fingerprint density at radius 3 is 2.70 bits per heavy atom. The number of nitrogens with zero attached hydrogens (tertiary/aromatic N) is 2. The molecule has 0 radical (unpaired) electrons. The van der Waals surface area contributed by atoms with Crippen molar-refractivity contribution in [2.75, 3.05) is 19.5 Å². The molecule has 0 amide bonds. The summed E-state index contributed by atoms with van der Waals surface area (Å²) in [4.78, 5) is 9.11. The Hall–Kier alpha value is -2.30. The molecular formula is C15H17N3O2. The molecule has 1 aromatic heterocycles. The van der Waals surface area contributed by atoms with Crippen molar-refractivity contribution in [1.82, 2.24) is 9.97 Å². The number of aromatic nitrogens is 2. The molecule has 2 N–H and O–H groups in total. The quantitative estimate of drug-likeness (QED) is 0.895. The average molecular weight is 271 g/mol. The molecule has 0 bridgehead atoms. The second-order valence-electron chi connectivity index (χ2n) is 4.91. The van der Waals surface area contributed by atoms with Crippen molar-refractivity contribution < 1.29 is 9.84 Å². The molecular weight excluding hydrogens is 254 g/mol. The van der Waals surface area contributed by atoms with Crippen LogP contribution >= 0.6 is 0 Å². The van der Waals surface area contributed by atoms with E-state index in [1.54, 1.807) is 18.2 Å². The molecule has 0 spiro atoms. The molecule has 0 unspecified atom stereocenters. The number of nitrogens with one attached hydrogen (secondary N) is 1. The summed E-state index contributed by atoms with van der Waals surface area (Å²) in [7, 11) is 3.37. The second kappa shape index (κ2) is 5.00. The molecule has 1 aromatic carbocycles. The molecule has 3 rings (SSSR count). The van der Waals surface area contributed by atoms with Gasteiger partial charge in [0.05, 0.1) is 7.11 Å². The smallest absolute Gasteiger partial charge is 0.161 e. The number of phenols is 1. The molecule has 1 saturated carbocycles. The van der Waals surface area contributed by atoms with Gasteiger partial charge in [-0.3, -0.25) is 0 Å². The van der Waals surface area contributed by atoms with Crippen molar-refractivity contribution in [1.29, 1.82) is 0 Å². The van der Waals surface area contributed by atoms with E-state index in [-0.39, 0.29) is 5.75 Å². The van der Waals surface area contributed by atoms with Gasteiger partial charge < -0.3 is 15.2 Å². The van der Waals surface area contributed by atoms with Gasteiger partial charge in [0, 0.05) is 30.3 Å². The van der Waals surface area contributed by atoms with Crippen molar-refractivity contribution in [3.05, 3.63) is 30.0 Å². The third kappa shape index (κ3) is 2.39. The van der Waals surface area contributed by atoms with Crippen LogP contribution in [0.5, 0.6) is 11.5 Å². The summed E-state index contributed by atoms with van der Waals surface area (Å²) in [5.41, 5.74) is 1.91. The number of hydrogen-bond acceptors (Lipinski definition) is 5. The Labute approximate surface area is 117 Å². The van der Waals surface area contributed by atoms with Gasteiger partial charge in [-0.2, -0.15) is 0 Å². The molecule has 0 aliphatic heterocycles. The maximum Gasteiger partial charge on any atom is 0.161 e. The largest absolute Gasteiger partial charge is 0.504 e. The number of anilines is 1. The van der Waals surface area contributed by atoms with Gasteiger partial charge in [0.15, 0.2) is 17.3 Å². The van der Waals surface area contributed by atoms with E-state index >= 15 is 0 Å². The summed E-state index contributed by atoms with van der Waals surface area (Å²) in [6.07, 6.45) is 2.39. The maximum absolute atomic E-state index is 9.66. The highest BCUT2D eigenvalue weighted by Crippen LogP contribution is 2.40. The minimum atomic E-state index is 0.114. The van der Waals surface area contributed by atoms with E-state index in [0.717, 1.165) is 17.1 Å². The van der Waals surface area contributed by atoms with Crippen molar-refractivity contribution in [3.63, 3.8) is 0 Å². The minimum Gasteiger partial charge on any atom is -0.504 e. The standard InChI is InChI=1S/C15H17N3O2/c1-16-14-8-11(9-3-4-9)17-15(18-14)10-5-6-12(19)13(7-10)20-2/h5-9,19H,3-4H2,1-2H3,(H,16,17,18). The monoisotopic (exact) mass is 271 g/mol. The molecule has 2 aromatic rings. The van der Waals surface area contributed by atoms with Crippen LogP contribution in [0.1, 0.15) is 24.5 Å². The molecule has 5 heteroatoms. The highest BCUT2D eigenvalue weighted by atomic mass is 16.5. The Morgan fingerprint density at radius 1 is 1.25 bits per heavy atom. The minimum absolute atomic E-state index is 0.114. The van der Waals surface area contributed by atoms with E-state index in [2.05, 4.69) is 15.3 Å². The molecule has 0 saturated heterocycles. The first-order valence-electron chi connectivity index (χ1n) is 6.65. The molecule has 1 heterocycles. The lowest BCUT2D eigenvalue weighted by Crippen LogP contribution is -2.00. The van der Waals surface area contributed by atoms with E-state index in [1.807, 2.05) is 13.1 Å². The first-order chi connectivity index (χ1) is 9.71. The maximum atomic E-state index is 9.66. The predicted molar refractivity (Wildman–Crippen MR) is 77.2 cm³/mol. The van der Waals surface area contributed by atoms with Gasteiger partial charge in [0.25, 0.3) is 0 Å². The zero-order valence-electron chi connectivity index (χ0n) is 11.6. The second-order valence-corrected chi connectivity index (χ2v) is 4.91. The number of ether oxygens (including phenoxy) is 1. The van der Waals surface area contributed by atoms with Gasteiger partial charge in [0.2, 0.25) is 0 Å². The van der Waals surface area contributed by atoms with E-state index in [1.165, 1.54) is 20.0 Å².